The largest absolute Gasteiger partial charge is 0.497 e. The summed E-state index contributed by atoms with van der Waals surface area (Å²) in [5.41, 5.74) is 4.27. The molecule has 1 aromatic heterocycles. The first-order valence-corrected chi connectivity index (χ1v) is 7.95. The number of methoxy groups -OCH3 is 1. The van der Waals surface area contributed by atoms with E-state index in [0.717, 1.165) is 12.3 Å². The molecule has 1 heterocycles. The van der Waals surface area contributed by atoms with E-state index in [9.17, 15) is 0 Å². The fourth-order valence-electron chi connectivity index (χ4n) is 2.88. The van der Waals surface area contributed by atoms with Crippen molar-refractivity contribution in [1.29, 1.82) is 0 Å². The maximum absolute atomic E-state index is 5.34. The fourth-order valence-corrected chi connectivity index (χ4v) is 3.88. The lowest BCUT2D eigenvalue weighted by Gasteiger charge is -2.14. The Bertz CT molecular complexity index is 598. The van der Waals surface area contributed by atoms with Gasteiger partial charge < -0.3 is 10.1 Å². The summed E-state index contributed by atoms with van der Waals surface area (Å²) in [6.07, 6.45) is 2.35. The van der Waals surface area contributed by atoms with E-state index in [-0.39, 0.29) is 0 Å². The van der Waals surface area contributed by atoms with Crippen LogP contribution in [0.25, 0.3) is 0 Å². The first kappa shape index (κ1) is 13.7. The molecule has 2 aromatic rings. The van der Waals surface area contributed by atoms with Crippen molar-refractivity contribution < 1.29 is 4.74 Å². The van der Waals surface area contributed by atoms with Crippen molar-refractivity contribution in [2.75, 3.05) is 7.11 Å². The summed E-state index contributed by atoms with van der Waals surface area (Å²) >= 11 is 1.90. The molecule has 1 aliphatic carbocycles. The SMILES string of the molecule is COc1ccc2c(c1)C(NCc1cc(C)c(C)s1)CC2. The average molecular weight is 287 g/mol. The summed E-state index contributed by atoms with van der Waals surface area (Å²) in [6.45, 7) is 5.34. The van der Waals surface area contributed by atoms with Gasteiger partial charge in [-0.3, -0.25) is 0 Å². The molecule has 20 heavy (non-hydrogen) atoms. The third-order valence-corrected chi connectivity index (χ3v) is 5.32. The van der Waals surface area contributed by atoms with Gasteiger partial charge in [-0.1, -0.05) is 6.07 Å². The predicted molar refractivity (Wildman–Crippen MR) is 84.7 cm³/mol. The van der Waals surface area contributed by atoms with Gasteiger partial charge in [0.1, 0.15) is 5.75 Å². The lowest BCUT2D eigenvalue weighted by molar-refractivity contribution is 0.413. The standard InChI is InChI=1S/C17H21NOS/c1-11-8-15(20-12(11)2)10-18-17-7-5-13-4-6-14(19-3)9-16(13)17/h4,6,8-9,17-18H,5,7,10H2,1-3H3. The second-order valence-electron chi connectivity index (χ2n) is 5.49. The van der Waals surface area contributed by atoms with Gasteiger partial charge in [0.15, 0.2) is 0 Å². The first-order valence-electron chi connectivity index (χ1n) is 7.13. The van der Waals surface area contributed by atoms with Gasteiger partial charge in [0.05, 0.1) is 7.11 Å². The Morgan fingerprint density at radius 3 is 2.85 bits per heavy atom. The van der Waals surface area contributed by atoms with Crippen molar-refractivity contribution in [3.63, 3.8) is 0 Å². The smallest absolute Gasteiger partial charge is 0.119 e. The molecule has 3 heteroatoms. The van der Waals surface area contributed by atoms with Gasteiger partial charge in [-0.25, -0.2) is 0 Å². The van der Waals surface area contributed by atoms with E-state index in [1.807, 2.05) is 11.3 Å². The molecule has 0 saturated heterocycles. The molecule has 3 rings (SSSR count). The molecule has 0 aliphatic heterocycles. The van der Waals surface area contributed by atoms with E-state index in [1.165, 1.54) is 39.3 Å². The number of rotatable bonds is 4. The number of aryl methyl sites for hydroxylation is 3. The number of fused-ring (bicyclic) bond motifs is 1. The van der Waals surface area contributed by atoms with Crippen LogP contribution in [-0.2, 0) is 13.0 Å². The van der Waals surface area contributed by atoms with E-state index < -0.39 is 0 Å². The topological polar surface area (TPSA) is 21.3 Å². The van der Waals surface area contributed by atoms with Crippen molar-refractivity contribution in [2.45, 2.75) is 39.3 Å². The van der Waals surface area contributed by atoms with Crippen LogP contribution in [0.4, 0.5) is 0 Å². The zero-order valence-electron chi connectivity index (χ0n) is 12.3. The molecule has 1 unspecified atom stereocenters. The molecule has 0 amide bonds. The normalized spacial score (nSPS) is 17.2. The molecule has 1 N–H and O–H groups in total. The van der Waals surface area contributed by atoms with Gasteiger partial charge in [0, 0.05) is 22.3 Å². The molecule has 106 valence electrons. The molecule has 0 spiro atoms. The van der Waals surface area contributed by atoms with Crippen molar-refractivity contribution in [3.05, 3.63) is 50.7 Å². The van der Waals surface area contributed by atoms with Crippen LogP contribution < -0.4 is 10.1 Å². The maximum Gasteiger partial charge on any atom is 0.119 e. The lowest BCUT2D eigenvalue weighted by atomic mass is 10.1. The Balaban J connectivity index is 1.71. The van der Waals surface area contributed by atoms with Crippen molar-refractivity contribution in [1.82, 2.24) is 5.32 Å². The third kappa shape index (κ3) is 2.60. The molecule has 0 bridgehead atoms. The highest BCUT2D eigenvalue weighted by molar-refractivity contribution is 7.12. The van der Waals surface area contributed by atoms with Crippen LogP contribution in [0, 0.1) is 13.8 Å². The molecule has 1 aliphatic rings. The van der Waals surface area contributed by atoms with Gasteiger partial charge in [-0.15, -0.1) is 11.3 Å². The van der Waals surface area contributed by atoms with Gasteiger partial charge in [0.25, 0.3) is 0 Å². The highest BCUT2D eigenvalue weighted by Gasteiger charge is 2.22. The minimum Gasteiger partial charge on any atom is -0.497 e. The van der Waals surface area contributed by atoms with E-state index in [4.69, 9.17) is 4.74 Å². The minimum atomic E-state index is 0.461. The highest BCUT2D eigenvalue weighted by atomic mass is 32.1. The number of ether oxygens (including phenoxy) is 1. The molecule has 1 aromatic carbocycles. The van der Waals surface area contributed by atoms with Crippen molar-refractivity contribution >= 4 is 11.3 Å². The number of hydrogen-bond donors (Lipinski definition) is 1. The number of thiophene rings is 1. The Hall–Kier alpha value is -1.32. The summed E-state index contributed by atoms with van der Waals surface area (Å²) in [7, 11) is 1.73. The van der Waals surface area contributed by atoms with E-state index in [2.05, 4.69) is 43.4 Å². The van der Waals surface area contributed by atoms with Crippen molar-refractivity contribution in [3.8, 4) is 5.75 Å². The zero-order valence-corrected chi connectivity index (χ0v) is 13.1. The van der Waals surface area contributed by atoms with Crippen LogP contribution in [-0.4, -0.2) is 7.11 Å². The van der Waals surface area contributed by atoms with Crippen molar-refractivity contribution in [2.24, 2.45) is 0 Å². The quantitative estimate of drug-likeness (QED) is 0.912. The first-order chi connectivity index (χ1) is 9.67. The summed E-state index contributed by atoms with van der Waals surface area (Å²) in [6, 6.07) is 9.21. The zero-order chi connectivity index (χ0) is 14.1. The summed E-state index contributed by atoms with van der Waals surface area (Å²) in [5.74, 6) is 0.959. The second kappa shape index (κ2) is 5.58. The molecule has 1 atom stereocenters. The molecular formula is C17H21NOS. The Morgan fingerprint density at radius 1 is 1.30 bits per heavy atom. The second-order valence-corrected chi connectivity index (χ2v) is 6.83. The molecular weight excluding hydrogens is 266 g/mol. The molecule has 2 nitrogen and oxygen atoms in total. The Kier molecular flexibility index (Phi) is 3.81. The van der Waals surface area contributed by atoms with Crippen LogP contribution in [0.3, 0.4) is 0 Å². The number of benzene rings is 1. The van der Waals surface area contributed by atoms with Gasteiger partial charge in [-0.05, 0) is 61.6 Å². The number of hydrogen-bond acceptors (Lipinski definition) is 3. The van der Waals surface area contributed by atoms with Crippen LogP contribution in [0.1, 0.15) is 38.9 Å². The molecule has 0 saturated carbocycles. The molecule has 0 fully saturated rings. The third-order valence-electron chi connectivity index (χ3n) is 4.17. The number of nitrogens with one attached hydrogen (secondary N) is 1. The summed E-state index contributed by atoms with van der Waals surface area (Å²) in [5, 5.41) is 3.70. The van der Waals surface area contributed by atoms with Gasteiger partial charge in [0.2, 0.25) is 0 Å². The van der Waals surface area contributed by atoms with Gasteiger partial charge in [-0.2, -0.15) is 0 Å². The highest BCUT2D eigenvalue weighted by Crippen LogP contribution is 2.34. The monoisotopic (exact) mass is 287 g/mol. The van der Waals surface area contributed by atoms with E-state index in [1.54, 1.807) is 7.11 Å². The van der Waals surface area contributed by atoms with E-state index in [0.29, 0.717) is 6.04 Å². The fraction of sp³-hybridized carbons (Fsp3) is 0.412. The maximum atomic E-state index is 5.34. The summed E-state index contributed by atoms with van der Waals surface area (Å²) in [4.78, 5) is 2.85. The molecule has 0 radical (unpaired) electrons. The van der Waals surface area contributed by atoms with Crippen LogP contribution in [0.5, 0.6) is 5.75 Å². The van der Waals surface area contributed by atoms with Crippen LogP contribution in [0.15, 0.2) is 24.3 Å². The Labute approximate surface area is 124 Å². The lowest BCUT2D eigenvalue weighted by Crippen LogP contribution is -2.18. The van der Waals surface area contributed by atoms with Gasteiger partial charge >= 0.3 is 0 Å². The predicted octanol–water partition coefficient (Wildman–Crippen LogP) is 4.15. The van der Waals surface area contributed by atoms with Crippen LogP contribution >= 0.6 is 11.3 Å². The van der Waals surface area contributed by atoms with E-state index >= 15 is 0 Å². The van der Waals surface area contributed by atoms with Crippen LogP contribution in [0.2, 0.25) is 0 Å². The Morgan fingerprint density at radius 2 is 2.15 bits per heavy atom. The summed E-state index contributed by atoms with van der Waals surface area (Å²) < 4.78 is 5.34. The average Bonchev–Trinajstić information content (AvgIpc) is 3.00. The minimum absolute atomic E-state index is 0.461.